The first-order valence-corrected chi connectivity index (χ1v) is 9.91. The molecule has 0 unspecified atom stereocenters. The summed E-state index contributed by atoms with van der Waals surface area (Å²) < 4.78 is 18.6. The van der Waals surface area contributed by atoms with Crippen molar-refractivity contribution < 1.29 is 13.3 Å². The molecular weight excluding hydrogens is 326 g/mol. The fourth-order valence-corrected chi connectivity index (χ4v) is 5.00. The van der Waals surface area contributed by atoms with E-state index in [4.69, 9.17) is 37.7 Å². The number of nitrogens with one attached hydrogen (secondary N) is 2. The molecule has 0 fully saturated rings. The summed E-state index contributed by atoms with van der Waals surface area (Å²) in [5, 5.41) is 9.52. The molecular formula is C12H23N3O3S2Si. The number of hydrogen-bond donors (Lipinski definition) is 2. The maximum atomic E-state index is 5.82. The van der Waals surface area contributed by atoms with E-state index in [0.717, 1.165) is 24.6 Å². The summed E-state index contributed by atoms with van der Waals surface area (Å²) in [5.41, 5.74) is 0.793. The van der Waals surface area contributed by atoms with Gasteiger partial charge in [-0.25, -0.2) is 5.21 Å². The molecule has 0 bridgehead atoms. The summed E-state index contributed by atoms with van der Waals surface area (Å²) in [6.45, 7) is 7.61. The highest BCUT2D eigenvalue weighted by Crippen LogP contribution is 2.19. The fourth-order valence-electron chi connectivity index (χ4n) is 2.03. The van der Waals surface area contributed by atoms with Crippen molar-refractivity contribution in [3.8, 4) is 0 Å². The van der Waals surface area contributed by atoms with Crippen LogP contribution < -0.4 is 0 Å². The first kappa shape index (κ1) is 18.6. The number of H-pyrrole nitrogens is 2. The third-order valence-corrected chi connectivity index (χ3v) is 6.84. The molecule has 6 nitrogen and oxygen atoms in total. The van der Waals surface area contributed by atoms with Crippen molar-refractivity contribution >= 4 is 33.2 Å². The van der Waals surface area contributed by atoms with Crippen LogP contribution in [0, 0.1) is 9.15 Å². The zero-order valence-corrected chi connectivity index (χ0v) is 15.4. The zero-order chi connectivity index (χ0) is 15.7. The molecule has 0 aliphatic rings. The van der Waals surface area contributed by atoms with Crippen molar-refractivity contribution in [2.24, 2.45) is 0 Å². The smallest absolute Gasteiger partial charge is 0.374 e. The normalized spacial score (nSPS) is 11.8. The SMILES string of the molecule is CCO[Si](CCCc1n[nH][nH]c(=S)c1=S)(OCC)OCC. The Balaban J connectivity index is 2.70. The molecule has 0 aliphatic carbocycles. The second kappa shape index (κ2) is 9.54. The number of hydrogen-bond acceptors (Lipinski definition) is 6. The van der Waals surface area contributed by atoms with Gasteiger partial charge in [-0.2, -0.15) is 5.10 Å². The van der Waals surface area contributed by atoms with Gasteiger partial charge in [0.1, 0.15) is 4.64 Å². The molecule has 0 saturated carbocycles. The standard InChI is InChI=1S/C12H23N3O3S2Si/c1-4-16-21(17-5-2,18-6-3)9-7-8-10-11(19)12(20)14-15-13-10/h4-9H2,1-3H3,(H,15,19)(H,13,14,20). The van der Waals surface area contributed by atoms with Crippen LogP contribution in [0.4, 0.5) is 0 Å². The van der Waals surface area contributed by atoms with Gasteiger partial charge in [0, 0.05) is 25.9 Å². The topological polar surface area (TPSA) is 72.2 Å². The van der Waals surface area contributed by atoms with E-state index < -0.39 is 8.80 Å². The van der Waals surface area contributed by atoms with E-state index in [1.54, 1.807) is 0 Å². The van der Waals surface area contributed by atoms with Crippen LogP contribution in [0.1, 0.15) is 32.9 Å². The van der Waals surface area contributed by atoms with E-state index >= 15 is 0 Å². The Bertz CT molecular complexity index is 518. The molecule has 1 aromatic heterocycles. The summed E-state index contributed by atoms with van der Waals surface area (Å²) in [6.07, 6.45) is 1.55. The molecule has 0 radical (unpaired) electrons. The van der Waals surface area contributed by atoms with Gasteiger partial charge in [0.05, 0.1) is 10.2 Å². The predicted molar refractivity (Wildman–Crippen MR) is 88.4 cm³/mol. The first-order valence-electron chi connectivity index (χ1n) is 7.16. The van der Waals surface area contributed by atoms with Gasteiger partial charge in [-0.15, -0.1) is 0 Å². The van der Waals surface area contributed by atoms with E-state index in [0.29, 0.717) is 29.0 Å². The monoisotopic (exact) mass is 349 g/mol. The Morgan fingerprint density at radius 2 is 1.62 bits per heavy atom. The zero-order valence-electron chi connectivity index (χ0n) is 12.7. The molecule has 2 N–H and O–H groups in total. The summed E-state index contributed by atoms with van der Waals surface area (Å²) in [6, 6.07) is 0.740. The van der Waals surface area contributed by atoms with Crippen molar-refractivity contribution in [3.63, 3.8) is 0 Å². The Labute approximate surface area is 136 Å². The van der Waals surface area contributed by atoms with Crippen molar-refractivity contribution in [3.05, 3.63) is 14.8 Å². The number of rotatable bonds is 10. The van der Waals surface area contributed by atoms with Crippen LogP contribution in [0.2, 0.25) is 6.04 Å². The van der Waals surface area contributed by atoms with Crippen LogP contribution in [0.25, 0.3) is 0 Å². The van der Waals surface area contributed by atoms with Gasteiger partial charge in [0.2, 0.25) is 0 Å². The van der Waals surface area contributed by atoms with Crippen LogP contribution in [-0.4, -0.2) is 44.0 Å². The van der Waals surface area contributed by atoms with Crippen LogP contribution in [0.15, 0.2) is 0 Å². The quantitative estimate of drug-likeness (QED) is 0.499. The van der Waals surface area contributed by atoms with Gasteiger partial charge in [0.25, 0.3) is 0 Å². The van der Waals surface area contributed by atoms with E-state index in [9.17, 15) is 0 Å². The third-order valence-electron chi connectivity index (χ3n) is 2.82. The van der Waals surface area contributed by atoms with Gasteiger partial charge in [-0.05, 0) is 33.6 Å². The molecule has 9 heteroatoms. The molecule has 21 heavy (non-hydrogen) atoms. The molecule has 1 rings (SSSR count). The van der Waals surface area contributed by atoms with E-state index in [2.05, 4.69) is 15.4 Å². The van der Waals surface area contributed by atoms with Gasteiger partial charge >= 0.3 is 8.80 Å². The fraction of sp³-hybridized carbons (Fsp3) is 0.750. The number of aromatic nitrogens is 3. The van der Waals surface area contributed by atoms with Crippen molar-refractivity contribution in [2.45, 2.75) is 39.7 Å². The summed E-state index contributed by atoms with van der Waals surface area (Å²) in [4.78, 5) is 0. The molecule has 0 aliphatic heterocycles. The Hall–Kier alpha value is -0.453. The minimum absolute atomic E-state index is 0.512. The number of aromatic amines is 2. The lowest BCUT2D eigenvalue weighted by molar-refractivity contribution is 0.0708. The van der Waals surface area contributed by atoms with Crippen molar-refractivity contribution in [1.82, 2.24) is 15.4 Å². The second-order valence-corrected chi connectivity index (χ2v) is 7.84. The summed E-state index contributed by atoms with van der Waals surface area (Å²) in [5.74, 6) is 0. The Morgan fingerprint density at radius 3 is 2.14 bits per heavy atom. The molecule has 0 amide bonds. The average molecular weight is 350 g/mol. The van der Waals surface area contributed by atoms with Gasteiger partial charge < -0.3 is 13.3 Å². The van der Waals surface area contributed by atoms with E-state index in [-0.39, 0.29) is 0 Å². The van der Waals surface area contributed by atoms with Crippen molar-refractivity contribution in [1.29, 1.82) is 0 Å². The molecule has 0 spiro atoms. The molecule has 0 aromatic carbocycles. The van der Waals surface area contributed by atoms with Crippen LogP contribution in [0.5, 0.6) is 0 Å². The minimum Gasteiger partial charge on any atom is -0.374 e. The lowest BCUT2D eigenvalue weighted by Gasteiger charge is -2.28. The first-order chi connectivity index (χ1) is 10.1. The van der Waals surface area contributed by atoms with Gasteiger partial charge in [-0.3, -0.25) is 5.10 Å². The van der Waals surface area contributed by atoms with Crippen LogP contribution >= 0.6 is 24.4 Å². The Kier molecular flexibility index (Phi) is 8.45. The van der Waals surface area contributed by atoms with Gasteiger partial charge in [0.15, 0.2) is 0 Å². The number of nitrogens with zero attached hydrogens (tertiary/aromatic N) is 1. The summed E-state index contributed by atoms with van der Waals surface area (Å²) in [7, 11) is -2.59. The molecule has 0 saturated heterocycles. The lowest BCUT2D eigenvalue weighted by Crippen LogP contribution is -2.46. The molecule has 0 atom stereocenters. The second-order valence-electron chi connectivity index (χ2n) is 4.29. The largest absolute Gasteiger partial charge is 0.500 e. The Morgan fingerprint density at radius 1 is 1.05 bits per heavy atom. The van der Waals surface area contributed by atoms with Crippen LogP contribution in [-0.2, 0) is 19.7 Å². The van der Waals surface area contributed by atoms with Crippen LogP contribution in [0.3, 0.4) is 0 Å². The molecule has 1 aromatic rings. The maximum Gasteiger partial charge on any atom is 0.500 e. The highest BCUT2D eigenvalue weighted by molar-refractivity contribution is 7.73. The maximum absolute atomic E-state index is 5.82. The van der Waals surface area contributed by atoms with E-state index in [1.165, 1.54) is 0 Å². The summed E-state index contributed by atoms with van der Waals surface area (Å²) >= 11 is 10.3. The highest BCUT2D eigenvalue weighted by atomic mass is 32.1. The minimum atomic E-state index is -2.59. The molecule has 1 heterocycles. The lowest BCUT2D eigenvalue weighted by atomic mass is 10.2. The molecule has 120 valence electrons. The van der Waals surface area contributed by atoms with Crippen molar-refractivity contribution in [2.75, 3.05) is 19.8 Å². The highest BCUT2D eigenvalue weighted by Gasteiger charge is 2.39. The number of aryl methyl sites for hydroxylation is 1. The third kappa shape index (κ3) is 5.68. The predicted octanol–water partition coefficient (Wildman–Crippen LogP) is 3.18. The van der Waals surface area contributed by atoms with Gasteiger partial charge in [-0.1, -0.05) is 24.4 Å². The average Bonchev–Trinajstić information content (AvgIpc) is 2.44. The van der Waals surface area contributed by atoms with E-state index in [1.807, 2.05) is 20.8 Å².